The zero-order valence-corrected chi connectivity index (χ0v) is 12.7. The zero-order chi connectivity index (χ0) is 15.5. The Morgan fingerprint density at radius 3 is 2.71 bits per heavy atom. The third-order valence-corrected chi connectivity index (χ3v) is 4.06. The van der Waals surface area contributed by atoms with Crippen molar-refractivity contribution in [3.8, 4) is 0 Å². The standard InChI is InChI=1S/C15H20ClF3N2/c1-10(8-12-4-2-3-7-20-12)21-14-6-5-11(9-13(14)16)15(17,18)19/h5-6,9-10,12,20-21H,2-4,7-8H2,1H3. The summed E-state index contributed by atoms with van der Waals surface area (Å²) in [5, 5.41) is 6.76. The fraction of sp³-hybridized carbons (Fsp3) is 0.600. The molecule has 0 spiro atoms. The van der Waals surface area contributed by atoms with Crippen LogP contribution in [0.25, 0.3) is 0 Å². The molecule has 2 unspecified atom stereocenters. The topological polar surface area (TPSA) is 24.1 Å². The van der Waals surface area contributed by atoms with Crippen LogP contribution in [-0.2, 0) is 6.18 Å². The Hall–Kier alpha value is -0.940. The lowest BCUT2D eigenvalue weighted by Gasteiger charge is -2.27. The summed E-state index contributed by atoms with van der Waals surface area (Å²) in [6.07, 6.45) is 0.151. The molecule has 1 aromatic rings. The van der Waals surface area contributed by atoms with Crippen LogP contribution in [0.4, 0.5) is 18.9 Å². The van der Waals surface area contributed by atoms with Crippen molar-refractivity contribution in [1.29, 1.82) is 0 Å². The molecule has 0 radical (unpaired) electrons. The second-order valence-electron chi connectivity index (χ2n) is 5.62. The predicted octanol–water partition coefficient (Wildman–Crippen LogP) is 4.69. The highest BCUT2D eigenvalue weighted by Crippen LogP contribution is 2.34. The van der Waals surface area contributed by atoms with E-state index in [0.717, 1.165) is 31.5 Å². The lowest BCUT2D eigenvalue weighted by atomic mass is 9.98. The van der Waals surface area contributed by atoms with Gasteiger partial charge in [-0.2, -0.15) is 13.2 Å². The van der Waals surface area contributed by atoms with Gasteiger partial charge in [-0.25, -0.2) is 0 Å². The van der Waals surface area contributed by atoms with Crippen LogP contribution >= 0.6 is 11.6 Å². The summed E-state index contributed by atoms with van der Waals surface area (Å²) in [5.41, 5.74) is -0.173. The number of hydrogen-bond donors (Lipinski definition) is 2. The Labute approximate surface area is 128 Å². The first-order valence-corrected chi connectivity index (χ1v) is 7.60. The van der Waals surface area contributed by atoms with Crippen molar-refractivity contribution >= 4 is 17.3 Å². The molecule has 2 nitrogen and oxygen atoms in total. The molecule has 0 bridgehead atoms. The predicted molar refractivity (Wildman–Crippen MR) is 79.8 cm³/mol. The van der Waals surface area contributed by atoms with Crippen LogP contribution in [0, 0.1) is 0 Å². The number of anilines is 1. The Kier molecular flexibility index (Phi) is 5.38. The number of rotatable bonds is 4. The molecule has 1 aliphatic heterocycles. The molecule has 0 aromatic heterocycles. The molecule has 118 valence electrons. The van der Waals surface area contributed by atoms with Crippen LogP contribution in [0.2, 0.25) is 5.02 Å². The van der Waals surface area contributed by atoms with Gasteiger partial charge < -0.3 is 10.6 Å². The Bertz CT molecular complexity index is 470. The maximum Gasteiger partial charge on any atom is 0.416 e. The minimum absolute atomic E-state index is 0.105. The summed E-state index contributed by atoms with van der Waals surface area (Å²) in [5.74, 6) is 0. The zero-order valence-electron chi connectivity index (χ0n) is 11.9. The Morgan fingerprint density at radius 1 is 1.38 bits per heavy atom. The number of benzene rings is 1. The first-order chi connectivity index (χ1) is 9.86. The molecule has 6 heteroatoms. The van der Waals surface area contributed by atoms with Gasteiger partial charge in [0.25, 0.3) is 0 Å². The van der Waals surface area contributed by atoms with E-state index in [0.29, 0.717) is 11.7 Å². The van der Waals surface area contributed by atoms with Crippen LogP contribution in [0.15, 0.2) is 18.2 Å². The molecule has 2 N–H and O–H groups in total. The third kappa shape index (κ3) is 4.78. The van der Waals surface area contributed by atoms with E-state index >= 15 is 0 Å². The van der Waals surface area contributed by atoms with Crippen molar-refractivity contribution in [3.63, 3.8) is 0 Å². The summed E-state index contributed by atoms with van der Waals surface area (Å²) in [7, 11) is 0. The summed E-state index contributed by atoms with van der Waals surface area (Å²) < 4.78 is 37.8. The largest absolute Gasteiger partial charge is 0.416 e. The molecule has 1 fully saturated rings. The van der Waals surface area contributed by atoms with E-state index in [1.165, 1.54) is 18.9 Å². The van der Waals surface area contributed by atoms with Gasteiger partial charge in [0, 0.05) is 12.1 Å². The van der Waals surface area contributed by atoms with Crippen LogP contribution < -0.4 is 10.6 Å². The monoisotopic (exact) mass is 320 g/mol. The number of halogens is 4. The maximum atomic E-state index is 12.6. The van der Waals surface area contributed by atoms with E-state index in [4.69, 9.17) is 11.6 Å². The Morgan fingerprint density at radius 2 is 2.14 bits per heavy atom. The summed E-state index contributed by atoms with van der Waals surface area (Å²) in [4.78, 5) is 0. The first kappa shape index (κ1) is 16.4. The smallest absolute Gasteiger partial charge is 0.381 e. The van der Waals surface area contributed by atoms with Crippen molar-refractivity contribution < 1.29 is 13.2 Å². The molecular formula is C15H20ClF3N2. The SMILES string of the molecule is CC(CC1CCCCN1)Nc1ccc(C(F)(F)F)cc1Cl. The molecule has 0 saturated carbocycles. The normalized spacial score (nSPS) is 21.1. The molecular weight excluding hydrogens is 301 g/mol. The molecule has 2 rings (SSSR count). The molecule has 1 heterocycles. The quantitative estimate of drug-likeness (QED) is 0.841. The summed E-state index contributed by atoms with van der Waals surface area (Å²) >= 11 is 5.94. The maximum absolute atomic E-state index is 12.6. The minimum atomic E-state index is -4.36. The second kappa shape index (κ2) is 6.88. The van der Waals surface area contributed by atoms with Crippen molar-refractivity contribution in [2.24, 2.45) is 0 Å². The first-order valence-electron chi connectivity index (χ1n) is 7.23. The van der Waals surface area contributed by atoms with Gasteiger partial charge in [0.2, 0.25) is 0 Å². The molecule has 1 aliphatic rings. The van der Waals surface area contributed by atoms with Crippen molar-refractivity contribution in [2.75, 3.05) is 11.9 Å². The van der Waals surface area contributed by atoms with Gasteiger partial charge in [-0.3, -0.25) is 0 Å². The fourth-order valence-corrected chi connectivity index (χ4v) is 2.92. The number of alkyl halides is 3. The van der Waals surface area contributed by atoms with Crippen molar-refractivity contribution in [1.82, 2.24) is 5.32 Å². The summed E-state index contributed by atoms with van der Waals surface area (Å²) in [6, 6.07) is 4.04. The van der Waals surface area contributed by atoms with Gasteiger partial charge in [-0.1, -0.05) is 18.0 Å². The van der Waals surface area contributed by atoms with Gasteiger partial charge in [-0.15, -0.1) is 0 Å². The molecule has 1 aromatic carbocycles. The lowest BCUT2D eigenvalue weighted by Crippen LogP contribution is -2.37. The number of hydrogen-bond acceptors (Lipinski definition) is 2. The second-order valence-corrected chi connectivity index (χ2v) is 6.03. The lowest BCUT2D eigenvalue weighted by molar-refractivity contribution is -0.137. The Balaban J connectivity index is 1.95. The molecule has 0 aliphatic carbocycles. The molecule has 0 amide bonds. The van der Waals surface area contributed by atoms with E-state index in [-0.39, 0.29) is 11.1 Å². The number of piperidine rings is 1. The van der Waals surface area contributed by atoms with E-state index in [1.54, 1.807) is 0 Å². The van der Waals surface area contributed by atoms with E-state index in [1.807, 2.05) is 6.92 Å². The van der Waals surface area contributed by atoms with Gasteiger partial charge in [0.1, 0.15) is 0 Å². The number of nitrogens with one attached hydrogen (secondary N) is 2. The van der Waals surface area contributed by atoms with Crippen LogP contribution in [0.3, 0.4) is 0 Å². The highest BCUT2D eigenvalue weighted by Gasteiger charge is 2.31. The van der Waals surface area contributed by atoms with Gasteiger partial charge >= 0.3 is 6.18 Å². The average molecular weight is 321 g/mol. The van der Waals surface area contributed by atoms with Gasteiger partial charge in [0.05, 0.1) is 16.3 Å². The summed E-state index contributed by atoms with van der Waals surface area (Å²) in [6.45, 7) is 3.06. The molecule has 2 atom stereocenters. The van der Waals surface area contributed by atoms with Crippen LogP contribution in [0.5, 0.6) is 0 Å². The van der Waals surface area contributed by atoms with E-state index in [9.17, 15) is 13.2 Å². The van der Waals surface area contributed by atoms with Crippen LogP contribution in [-0.4, -0.2) is 18.6 Å². The molecule has 21 heavy (non-hydrogen) atoms. The van der Waals surface area contributed by atoms with Crippen molar-refractivity contribution in [2.45, 2.75) is 50.9 Å². The van der Waals surface area contributed by atoms with E-state index < -0.39 is 11.7 Å². The molecule has 1 saturated heterocycles. The van der Waals surface area contributed by atoms with Gasteiger partial charge in [0.15, 0.2) is 0 Å². The van der Waals surface area contributed by atoms with Gasteiger partial charge in [-0.05, 0) is 50.9 Å². The highest BCUT2D eigenvalue weighted by atomic mass is 35.5. The van der Waals surface area contributed by atoms with Crippen LogP contribution in [0.1, 0.15) is 38.2 Å². The average Bonchev–Trinajstić information content (AvgIpc) is 2.41. The van der Waals surface area contributed by atoms with E-state index in [2.05, 4.69) is 10.6 Å². The fourth-order valence-electron chi connectivity index (χ4n) is 2.68. The van der Waals surface area contributed by atoms with Crippen molar-refractivity contribution in [3.05, 3.63) is 28.8 Å². The minimum Gasteiger partial charge on any atom is -0.381 e. The highest BCUT2D eigenvalue weighted by molar-refractivity contribution is 6.33. The third-order valence-electron chi connectivity index (χ3n) is 3.75.